The van der Waals surface area contributed by atoms with Gasteiger partial charge in [0.1, 0.15) is 5.15 Å². The molecule has 0 aromatic carbocycles. The van der Waals surface area contributed by atoms with Crippen molar-refractivity contribution in [1.82, 2.24) is 9.88 Å². The fraction of sp³-hybridized carbons (Fsp3) is 0.500. The van der Waals surface area contributed by atoms with Crippen LogP contribution in [-0.2, 0) is 0 Å². The van der Waals surface area contributed by atoms with Crippen LogP contribution in [0.4, 0.5) is 0 Å². The maximum Gasteiger partial charge on any atom is 0.255 e. The number of hydrogen-bond acceptors (Lipinski definition) is 3. The first-order valence-corrected chi connectivity index (χ1v) is 7.69. The first kappa shape index (κ1) is 15.6. The molecule has 0 aliphatic carbocycles. The number of aromatic nitrogens is 1. The Labute approximate surface area is 122 Å². The van der Waals surface area contributed by atoms with E-state index in [4.69, 9.17) is 23.2 Å². The van der Waals surface area contributed by atoms with Gasteiger partial charge in [-0.3, -0.25) is 4.79 Å². The Morgan fingerprint density at radius 2 is 2.22 bits per heavy atom. The van der Waals surface area contributed by atoms with Crippen LogP contribution in [-0.4, -0.2) is 40.9 Å². The molecule has 1 heterocycles. The molecule has 6 heteroatoms. The zero-order valence-electron chi connectivity index (χ0n) is 10.6. The van der Waals surface area contributed by atoms with Crippen LogP contribution in [0, 0.1) is 0 Å². The number of nitrogens with zero attached hydrogens (tertiary/aromatic N) is 2. The molecule has 1 amide bonds. The van der Waals surface area contributed by atoms with Gasteiger partial charge in [-0.25, -0.2) is 4.98 Å². The SMILES string of the molecule is CSCCC(C)N(C)C(=O)c1cnc(Cl)c(Cl)c1. The van der Waals surface area contributed by atoms with Crippen molar-refractivity contribution < 1.29 is 4.79 Å². The lowest BCUT2D eigenvalue weighted by Gasteiger charge is -2.24. The Hall–Kier alpha value is -0.450. The Morgan fingerprint density at radius 1 is 1.56 bits per heavy atom. The quantitative estimate of drug-likeness (QED) is 0.779. The van der Waals surface area contributed by atoms with E-state index in [-0.39, 0.29) is 17.1 Å². The van der Waals surface area contributed by atoms with Crippen LogP contribution in [0.5, 0.6) is 0 Å². The molecule has 0 aliphatic rings. The lowest BCUT2D eigenvalue weighted by Crippen LogP contribution is -2.35. The standard InChI is InChI=1S/C12H16Cl2N2OS/c1-8(4-5-18-3)16(2)12(17)9-6-10(13)11(14)15-7-9/h6-8H,4-5H2,1-3H3. The van der Waals surface area contributed by atoms with E-state index in [0.717, 1.165) is 12.2 Å². The fourth-order valence-electron chi connectivity index (χ4n) is 1.42. The number of thioether (sulfide) groups is 1. The third kappa shape index (κ3) is 4.04. The molecule has 1 aromatic rings. The lowest BCUT2D eigenvalue weighted by atomic mass is 10.2. The highest BCUT2D eigenvalue weighted by Crippen LogP contribution is 2.21. The molecule has 0 spiro atoms. The molecule has 3 nitrogen and oxygen atoms in total. The molecule has 100 valence electrons. The maximum absolute atomic E-state index is 12.2. The summed E-state index contributed by atoms with van der Waals surface area (Å²) in [7, 11) is 1.79. The van der Waals surface area contributed by atoms with Gasteiger partial charge in [0, 0.05) is 19.3 Å². The van der Waals surface area contributed by atoms with Crippen LogP contribution in [0.3, 0.4) is 0 Å². The highest BCUT2D eigenvalue weighted by molar-refractivity contribution is 7.98. The predicted octanol–water partition coefficient (Wildman–Crippen LogP) is 3.60. The largest absolute Gasteiger partial charge is 0.339 e. The average molecular weight is 307 g/mol. The zero-order valence-corrected chi connectivity index (χ0v) is 12.9. The van der Waals surface area contributed by atoms with Crippen LogP contribution in [0.15, 0.2) is 12.3 Å². The Kier molecular flexibility index (Phi) is 6.26. The second-order valence-corrected chi connectivity index (χ2v) is 5.79. The van der Waals surface area contributed by atoms with E-state index in [2.05, 4.69) is 11.2 Å². The van der Waals surface area contributed by atoms with Crippen molar-refractivity contribution >= 4 is 40.9 Å². The van der Waals surface area contributed by atoms with Crippen molar-refractivity contribution in [3.05, 3.63) is 28.0 Å². The summed E-state index contributed by atoms with van der Waals surface area (Å²) >= 11 is 13.4. The summed E-state index contributed by atoms with van der Waals surface area (Å²) in [6.45, 7) is 2.03. The topological polar surface area (TPSA) is 33.2 Å². The van der Waals surface area contributed by atoms with Crippen molar-refractivity contribution in [2.24, 2.45) is 0 Å². The average Bonchev–Trinajstić information content (AvgIpc) is 2.37. The van der Waals surface area contributed by atoms with Gasteiger partial charge >= 0.3 is 0 Å². The number of halogens is 2. The van der Waals surface area contributed by atoms with Crippen LogP contribution in [0.1, 0.15) is 23.7 Å². The molecule has 0 aliphatic heterocycles. The van der Waals surface area contributed by atoms with Crippen LogP contribution >= 0.6 is 35.0 Å². The molecule has 0 bridgehead atoms. The van der Waals surface area contributed by atoms with E-state index >= 15 is 0 Å². The number of amides is 1. The minimum absolute atomic E-state index is 0.0883. The first-order valence-electron chi connectivity index (χ1n) is 5.54. The van der Waals surface area contributed by atoms with Gasteiger partial charge in [-0.1, -0.05) is 23.2 Å². The minimum atomic E-state index is -0.0883. The third-order valence-corrected chi connectivity index (χ3v) is 4.09. The van der Waals surface area contributed by atoms with Crippen molar-refractivity contribution in [2.45, 2.75) is 19.4 Å². The molecule has 0 saturated heterocycles. The summed E-state index contributed by atoms with van der Waals surface area (Å²) in [4.78, 5) is 17.8. The van der Waals surface area contributed by atoms with Gasteiger partial charge in [-0.05, 0) is 31.4 Å². The van der Waals surface area contributed by atoms with E-state index in [9.17, 15) is 4.79 Å². The molecular formula is C12H16Cl2N2OS. The summed E-state index contributed by atoms with van der Waals surface area (Å²) in [6, 6.07) is 1.73. The predicted molar refractivity (Wildman–Crippen MR) is 78.8 cm³/mol. The Balaban J connectivity index is 2.76. The molecule has 0 fully saturated rings. The van der Waals surface area contributed by atoms with Crippen molar-refractivity contribution in [3.63, 3.8) is 0 Å². The van der Waals surface area contributed by atoms with E-state index in [1.807, 2.05) is 6.92 Å². The van der Waals surface area contributed by atoms with Crippen molar-refractivity contribution in [2.75, 3.05) is 19.1 Å². The maximum atomic E-state index is 12.2. The van der Waals surface area contributed by atoms with E-state index < -0.39 is 0 Å². The number of hydrogen-bond donors (Lipinski definition) is 0. The molecule has 1 rings (SSSR count). The summed E-state index contributed by atoms with van der Waals surface area (Å²) in [5.41, 5.74) is 0.461. The molecule has 1 atom stereocenters. The highest BCUT2D eigenvalue weighted by Gasteiger charge is 2.18. The van der Waals surface area contributed by atoms with Gasteiger partial charge in [0.2, 0.25) is 0 Å². The van der Waals surface area contributed by atoms with Crippen molar-refractivity contribution in [1.29, 1.82) is 0 Å². The number of rotatable bonds is 5. The summed E-state index contributed by atoms with van der Waals surface area (Å²) in [6.07, 6.45) is 4.46. The normalized spacial score (nSPS) is 12.3. The lowest BCUT2D eigenvalue weighted by molar-refractivity contribution is 0.0741. The molecule has 18 heavy (non-hydrogen) atoms. The van der Waals surface area contributed by atoms with Gasteiger partial charge < -0.3 is 4.90 Å². The molecule has 1 unspecified atom stereocenters. The van der Waals surface area contributed by atoms with Crippen LogP contribution in [0.25, 0.3) is 0 Å². The van der Waals surface area contributed by atoms with Crippen molar-refractivity contribution in [3.8, 4) is 0 Å². The van der Waals surface area contributed by atoms with E-state index in [0.29, 0.717) is 10.6 Å². The number of pyridine rings is 1. The fourth-order valence-corrected chi connectivity index (χ4v) is 2.27. The second-order valence-electron chi connectivity index (χ2n) is 4.04. The number of carbonyl (C=O) groups is 1. The molecule has 1 aromatic heterocycles. The summed E-state index contributed by atoms with van der Waals surface area (Å²) in [5, 5.41) is 0.513. The van der Waals surface area contributed by atoms with Gasteiger partial charge in [-0.2, -0.15) is 11.8 Å². The van der Waals surface area contributed by atoms with Gasteiger partial charge in [0.15, 0.2) is 0 Å². The van der Waals surface area contributed by atoms with Crippen LogP contribution < -0.4 is 0 Å². The smallest absolute Gasteiger partial charge is 0.255 e. The zero-order chi connectivity index (χ0) is 13.7. The monoisotopic (exact) mass is 306 g/mol. The second kappa shape index (κ2) is 7.22. The molecule has 0 N–H and O–H groups in total. The van der Waals surface area contributed by atoms with E-state index in [1.165, 1.54) is 6.20 Å². The Morgan fingerprint density at radius 3 is 2.78 bits per heavy atom. The number of carbonyl (C=O) groups excluding carboxylic acids is 1. The minimum Gasteiger partial charge on any atom is -0.339 e. The third-order valence-electron chi connectivity index (χ3n) is 2.76. The van der Waals surface area contributed by atoms with E-state index in [1.54, 1.807) is 29.8 Å². The highest BCUT2D eigenvalue weighted by atomic mass is 35.5. The van der Waals surface area contributed by atoms with Gasteiger partial charge in [0.25, 0.3) is 5.91 Å². The molecule has 0 saturated carbocycles. The van der Waals surface area contributed by atoms with Gasteiger partial charge in [-0.15, -0.1) is 0 Å². The first-order chi connectivity index (χ1) is 8.47. The van der Waals surface area contributed by atoms with Gasteiger partial charge in [0.05, 0.1) is 10.6 Å². The summed E-state index contributed by atoms with van der Waals surface area (Å²) in [5.74, 6) is 0.938. The summed E-state index contributed by atoms with van der Waals surface area (Å²) < 4.78 is 0. The van der Waals surface area contributed by atoms with Crippen LogP contribution in [0.2, 0.25) is 10.2 Å². The molecular weight excluding hydrogens is 291 g/mol. The molecule has 0 radical (unpaired) electrons. The Bertz CT molecular complexity index is 429.